The molecular weight excluding hydrogens is 230 g/mol. The molecular formula is C10H12ClN3O2. The molecule has 0 unspecified atom stereocenters. The minimum atomic E-state index is -0.154. The van der Waals surface area contributed by atoms with E-state index in [4.69, 9.17) is 22.5 Å². The number of hydrogen-bond acceptors (Lipinski definition) is 3. The van der Waals surface area contributed by atoms with Gasteiger partial charge in [-0.15, -0.1) is 0 Å². The summed E-state index contributed by atoms with van der Waals surface area (Å²) in [7, 11) is 0. The Morgan fingerprint density at radius 2 is 2.31 bits per heavy atom. The number of nitrogens with two attached hydrogens (primary N) is 1. The van der Waals surface area contributed by atoms with Crippen LogP contribution >= 0.6 is 11.6 Å². The van der Waals surface area contributed by atoms with E-state index in [0.29, 0.717) is 22.7 Å². The molecule has 1 rings (SSSR count). The highest BCUT2D eigenvalue weighted by molar-refractivity contribution is 6.33. The van der Waals surface area contributed by atoms with Crippen molar-refractivity contribution in [3.05, 3.63) is 28.8 Å². The van der Waals surface area contributed by atoms with Crippen LogP contribution in [0.1, 0.15) is 18.9 Å². The van der Waals surface area contributed by atoms with Crippen LogP contribution in [0, 0.1) is 0 Å². The number of anilines is 1. The Balaban J connectivity index is 3.04. The minimum absolute atomic E-state index is 0.0383. The van der Waals surface area contributed by atoms with Gasteiger partial charge in [0.25, 0.3) is 0 Å². The van der Waals surface area contributed by atoms with Gasteiger partial charge in [0.2, 0.25) is 5.91 Å². The van der Waals surface area contributed by atoms with E-state index >= 15 is 0 Å². The summed E-state index contributed by atoms with van der Waals surface area (Å²) in [4.78, 5) is 11.2. The lowest BCUT2D eigenvalue weighted by Crippen LogP contribution is -2.15. The van der Waals surface area contributed by atoms with Crippen LogP contribution in [0.3, 0.4) is 0 Å². The maximum Gasteiger partial charge on any atom is 0.224 e. The Bertz CT molecular complexity index is 432. The molecule has 0 aliphatic carbocycles. The second-order valence-corrected chi connectivity index (χ2v) is 3.49. The highest BCUT2D eigenvalue weighted by Gasteiger charge is 2.07. The van der Waals surface area contributed by atoms with Crippen molar-refractivity contribution in [1.29, 1.82) is 0 Å². The summed E-state index contributed by atoms with van der Waals surface area (Å²) in [6.07, 6.45) is 0.351. The standard InChI is InChI=1S/C10H12ClN3O2/c1-2-9(15)13-8-5-6(10(12)14-16)3-4-7(8)11/h3-5,16H,2H2,1H3,(H2,12,14)(H,13,15). The van der Waals surface area contributed by atoms with Crippen molar-refractivity contribution in [3.8, 4) is 0 Å². The van der Waals surface area contributed by atoms with Gasteiger partial charge in [-0.3, -0.25) is 4.79 Å². The molecule has 6 heteroatoms. The van der Waals surface area contributed by atoms with Crippen LogP contribution in [0.15, 0.2) is 23.4 Å². The number of hydrogen-bond donors (Lipinski definition) is 3. The van der Waals surface area contributed by atoms with E-state index in [1.807, 2.05) is 0 Å². The third-order valence-electron chi connectivity index (χ3n) is 1.97. The van der Waals surface area contributed by atoms with Crippen LogP contribution in [0.2, 0.25) is 5.02 Å². The maximum absolute atomic E-state index is 11.2. The number of rotatable bonds is 3. The molecule has 1 aromatic carbocycles. The Hall–Kier alpha value is -1.75. The van der Waals surface area contributed by atoms with E-state index in [2.05, 4.69) is 10.5 Å². The summed E-state index contributed by atoms with van der Waals surface area (Å²) < 4.78 is 0. The zero-order valence-corrected chi connectivity index (χ0v) is 9.45. The van der Waals surface area contributed by atoms with Gasteiger partial charge in [-0.05, 0) is 18.2 Å². The molecule has 0 radical (unpaired) electrons. The van der Waals surface area contributed by atoms with Gasteiger partial charge in [0, 0.05) is 12.0 Å². The SMILES string of the molecule is CCC(=O)Nc1cc(C(N)=NO)ccc1Cl. The number of nitrogens with one attached hydrogen (secondary N) is 1. The number of oxime groups is 1. The number of nitrogens with zero attached hydrogens (tertiary/aromatic N) is 1. The zero-order chi connectivity index (χ0) is 12.1. The number of amides is 1. The van der Waals surface area contributed by atoms with Crippen molar-refractivity contribution in [2.24, 2.45) is 10.9 Å². The summed E-state index contributed by atoms with van der Waals surface area (Å²) in [5, 5.41) is 14.4. The summed E-state index contributed by atoms with van der Waals surface area (Å²) in [5.41, 5.74) is 6.35. The molecule has 0 aliphatic rings. The Morgan fingerprint density at radius 3 is 2.88 bits per heavy atom. The van der Waals surface area contributed by atoms with Gasteiger partial charge in [0.15, 0.2) is 5.84 Å². The lowest BCUT2D eigenvalue weighted by Gasteiger charge is -2.07. The molecule has 16 heavy (non-hydrogen) atoms. The highest BCUT2D eigenvalue weighted by Crippen LogP contribution is 2.23. The molecule has 4 N–H and O–H groups in total. The first-order valence-electron chi connectivity index (χ1n) is 4.65. The molecule has 0 saturated heterocycles. The van der Waals surface area contributed by atoms with Crippen molar-refractivity contribution in [1.82, 2.24) is 0 Å². The summed E-state index contributed by atoms with van der Waals surface area (Å²) in [5.74, 6) is -0.192. The van der Waals surface area contributed by atoms with Gasteiger partial charge in [-0.2, -0.15) is 0 Å². The van der Waals surface area contributed by atoms with Crippen LogP contribution in [-0.4, -0.2) is 17.0 Å². The van der Waals surface area contributed by atoms with E-state index in [9.17, 15) is 4.79 Å². The van der Waals surface area contributed by atoms with Gasteiger partial charge in [-0.1, -0.05) is 23.7 Å². The molecule has 0 aliphatic heterocycles. The average molecular weight is 242 g/mol. The largest absolute Gasteiger partial charge is 0.409 e. The van der Waals surface area contributed by atoms with E-state index < -0.39 is 0 Å². The lowest BCUT2D eigenvalue weighted by molar-refractivity contribution is -0.115. The third-order valence-corrected chi connectivity index (χ3v) is 2.29. The fourth-order valence-corrected chi connectivity index (χ4v) is 1.24. The van der Waals surface area contributed by atoms with Crippen LogP contribution < -0.4 is 11.1 Å². The van der Waals surface area contributed by atoms with Crippen molar-refractivity contribution in [2.75, 3.05) is 5.32 Å². The number of carbonyl (C=O) groups excluding carboxylic acids is 1. The molecule has 1 aromatic rings. The maximum atomic E-state index is 11.2. The monoisotopic (exact) mass is 241 g/mol. The number of carbonyl (C=O) groups is 1. The second-order valence-electron chi connectivity index (χ2n) is 3.08. The number of benzene rings is 1. The predicted octanol–water partition coefficient (Wildman–Crippen LogP) is 1.78. The third kappa shape index (κ3) is 2.87. The molecule has 0 atom stereocenters. The van der Waals surface area contributed by atoms with Gasteiger partial charge in [0.1, 0.15) is 0 Å². The topological polar surface area (TPSA) is 87.7 Å². The molecule has 86 valence electrons. The van der Waals surface area contributed by atoms with Gasteiger partial charge < -0.3 is 16.3 Å². The van der Waals surface area contributed by atoms with Crippen molar-refractivity contribution in [3.63, 3.8) is 0 Å². The molecule has 5 nitrogen and oxygen atoms in total. The Morgan fingerprint density at radius 1 is 1.62 bits per heavy atom. The fraction of sp³-hybridized carbons (Fsp3) is 0.200. The highest BCUT2D eigenvalue weighted by atomic mass is 35.5. The molecule has 0 aromatic heterocycles. The van der Waals surface area contributed by atoms with Crippen LogP contribution in [0.5, 0.6) is 0 Å². The molecule has 0 heterocycles. The van der Waals surface area contributed by atoms with Crippen LogP contribution in [0.25, 0.3) is 0 Å². The fourth-order valence-electron chi connectivity index (χ4n) is 1.08. The van der Waals surface area contributed by atoms with E-state index in [1.54, 1.807) is 25.1 Å². The normalized spacial score (nSPS) is 11.2. The molecule has 0 bridgehead atoms. The number of amidine groups is 1. The zero-order valence-electron chi connectivity index (χ0n) is 8.70. The second kappa shape index (κ2) is 5.37. The summed E-state index contributed by atoms with van der Waals surface area (Å²) >= 11 is 5.89. The average Bonchev–Trinajstić information content (AvgIpc) is 2.30. The van der Waals surface area contributed by atoms with Crippen LogP contribution in [-0.2, 0) is 4.79 Å². The summed E-state index contributed by atoms with van der Waals surface area (Å²) in [6, 6.07) is 4.71. The van der Waals surface area contributed by atoms with E-state index in [0.717, 1.165) is 0 Å². The molecule has 0 spiro atoms. The first-order chi connectivity index (χ1) is 7.58. The first-order valence-corrected chi connectivity index (χ1v) is 5.03. The lowest BCUT2D eigenvalue weighted by atomic mass is 10.2. The van der Waals surface area contributed by atoms with Crippen molar-refractivity contribution >= 4 is 29.0 Å². The van der Waals surface area contributed by atoms with Crippen molar-refractivity contribution in [2.45, 2.75) is 13.3 Å². The predicted molar refractivity (Wildman–Crippen MR) is 62.9 cm³/mol. The number of halogens is 1. The van der Waals surface area contributed by atoms with Gasteiger partial charge >= 0.3 is 0 Å². The first kappa shape index (κ1) is 12.3. The Labute approximate surface area is 97.9 Å². The van der Waals surface area contributed by atoms with Crippen LogP contribution in [0.4, 0.5) is 5.69 Å². The van der Waals surface area contributed by atoms with E-state index in [-0.39, 0.29) is 11.7 Å². The Kier molecular flexibility index (Phi) is 4.13. The van der Waals surface area contributed by atoms with E-state index in [1.165, 1.54) is 0 Å². The quantitative estimate of drug-likeness (QED) is 0.326. The smallest absolute Gasteiger partial charge is 0.224 e. The summed E-state index contributed by atoms with van der Waals surface area (Å²) in [6.45, 7) is 1.73. The molecule has 0 saturated carbocycles. The van der Waals surface area contributed by atoms with Gasteiger partial charge in [0.05, 0.1) is 10.7 Å². The minimum Gasteiger partial charge on any atom is -0.409 e. The molecule has 1 amide bonds. The molecule has 0 fully saturated rings. The van der Waals surface area contributed by atoms with Gasteiger partial charge in [-0.25, -0.2) is 0 Å². The van der Waals surface area contributed by atoms with Crippen molar-refractivity contribution < 1.29 is 10.0 Å².